The van der Waals surface area contributed by atoms with E-state index in [-0.39, 0.29) is 5.69 Å². The minimum atomic E-state index is -4.81. The van der Waals surface area contributed by atoms with Crippen LogP contribution in [-0.2, 0) is 10.8 Å². The van der Waals surface area contributed by atoms with Crippen molar-refractivity contribution in [2.24, 2.45) is 11.1 Å². The van der Waals surface area contributed by atoms with Crippen LogP contribution in [0, 0.1) is 5.92 Å². The van der Waals surface area contributed by atoms with Crippen molar-refractivity contribution in [3.05, 3.63) is 18.2 Å². The van der Waals surface area contributed by atoms with Gasteiger partial charge in [0.2, 0.25) is 0 Å². The Morgan fingerprint density at radius 1 is 1.29 bits per heavy atom. The predicted molar refractivity (Wildman–Crippen MR) is 81.0 cm³/mol. The Morgan fingerprint density at radius 3 is 2.24 bits per heavy atom. The van der Waals surface area contributed by atoms with Crippen LogP contribution in [0.2, 0.25) is 0 Å². The minimum Gasteiger partial charge on any atom is -0.398 e. The summed E-state index contributed by atoms with van der Waals surface area (Å²) in [6, 6.07) is 3.77. The van der Waals surface area contributed by atoms with Crippen LogP contribution in [0.15, 0.2) is 28.0 Å². The van der Waals surface area contributed by atoms with Crippen LogP contribution < -0.4 is 10.9 Å². The molecule has 120 valence electrons. The maximum absolute atomic E-state index is 12.2. The van der Waals surface area contributed by atoms with Crippen LogP contribution in [0.1, 0.15) is 32.6 Å². The van der Waals surface area contributed by atoms with Gasteiger partial charge in [0.15, 0.2) is 10.8 Å². The number of benzene rings is 1. The Hall–Kier alpha value is -0.730. The molecule has 1 unspecified atom stereocenters. The van der Waals surface area contributed by atoms with Gasteiger partial charge in [0, 0.05) is 10.6 Å². The molecule has 0 radical (unpaired) electrons. The fourth-order valence-electron chi connectivity index (χ4n) is 2.00. The third-order valence-electron chi connectivity index (χ3n) is 3.17. The van der Waals surface area contributed by atoms with Gasteiger partial charge in [-0.3, -0.25) is 5.14 Å². The summed E-state index contributed by atoms with van der Waals surface area (Å²) in [6.07, 6.45) is 5.95. The average molecular weight is 340 g/mol. The van der Waals surface area contributed by atoms with E-state index in [0.717, 1.165) is 23.9 Å². The molecule has 21 heavy (non-hydrogen) atoms. The third-order valence-corrected chi connectivity index (χ3v) is 4.87. The molecule has 0 bridgehead atoms. The first-order valence-corrected chi connectivity index (χ1v) is 8.53. The lowest BCUT2D eigenvalue weighted by molar-refractivity contribution is -0.0384. The van der Waals surface area contributed by atoms with Crippen LogP contribution in [0.5, 0.6) is 0 Å². The molecule has 1 saturated carbocycles. The van der Waals surface area contributed by atoms with Crippen molar-refractivity contribution in [3.63, 3.8) is 0 Å². The quantitative estimate of drug-likeness (QED) is 0.629. The molecule has 0 spiro atoms. The third kappa shape index (κ3) is 5.88. The second kappa shape index (κ2) is 8.05. The van der Waals surface area contributed by atoms with E-state index in [1.807, 2.05) is 0 Å². The Labute approximate surface area is 129 Å². The van der Waals surface area contributed by atoms with E-state index in [1.165, 1.54) is 37.8 Å². The van der Waals surface area contributed by atoms with E-state index in [1.54, 1.807) is 0 Å². The highest BCUT2D eigenvalue weighted by Gasteiger charge is 2.39. The van der Waals surface area contributed by atoms with Gasteiger partial charge in [0.1, 0.15) is 0 Å². The second-order valence-corrected chi connectivity index (χ2v) is 7.07. The lowest BCUT2D eigenvalue weighted by atomic mass is 10.2. The Morgan fingerprint density at radius 2 is 1.86 bits per heavy atom. The molecule has 0 aliphatic heterocycles. The summed E-state index contributed by atoms with van der Waals surface area (Å²) in [5.41, 5.74) is 0.322. The fraction of sp³-hybridized carbons (Fsp3) is 0.538. The number of rotatable bonds is 2. The highest BCUT2D eigenvalue weighted by Crippen LogP contribution is 2.31. The molecule has 1 fully saturated rings. The SMILES string of the molecule is CC1CCCC1.NSc1ccc(N)c(S(=O)C(F)(F)F)c1. The first kappa shape index (κ1) is 18.3. The van der Waals surface area contributed by atoms with E-state index in [4.69, 9.17) is 10.9 Å². The molecule has 1 aromatic rings. The molecule has 0 saturated heterocycles. The van der Waals surface area contributed by atoms with Gasteiger partial charge >= 0.3 is 5.51 Å². The Balaban J connectivity index is 0.000000304. The van der Waals surface area contributed by atoms with Crippen molar-refractivity contribution >= 4 is 28.4 Å². The van der Waals surface area contributed by atoms with Gasteiger partial charge in [-0.25, -0.2) is 4.21 Å². The molecule has 0 aromatic heterocycles. The van der Waals surface area contributed by atoms with E-state index < -0.39 is 21.2 Å². The molecular formula is C13H19F3N2OS2. The summed E-state index contributed by atoms with van der Waals surface area (Å²) in [5.74, 6) is 1.05. The largest absolute Gasteiger partial charge is 0.475 e. The molecular weight excluding hydrogens is 321 g/mol. The number of hydrogen-bond donors (Lipinski definition) is 2. The Bertz CT molecular complexity index is 489. The monoisotopic (exact) mass is 340 g/mol. The van der Waals surface area contributed by atoms with Crippen molar-refractivity contribution in [2.45, 2.75) is 47.9 Å². The Kier molecular flexibility index (Phi) is 7.02. The van der Waals surface area contributed by atoms with Gasteiger partial charge < -0.3 is 5.73 Å². The average Bonchev–Trinajstić information content (AvgIpc) is 2.89. The molecule has 0 heterocycles. The molecule has 1 aliphatic rings. The number of nitrogen functional groups attached to an aromatic ring is 1. The standard InChI is InChI=1S/C7H7F3N2OS2.C6H12/c8-7(9,10)15(13)6-3-4(14-12)1-2-5(6)11;1-6-4-2-3-5-6/h1-3H,11-12H2;6H,2-5H2,1H3. The van der Waals surface area contributed by atoms with Crippen molar-refractivity contribution < 1.29 is 17.4 Å². The molecule has 1 aliphatic carbocycles. The second-order valence-electron chi connectivity index (χ2n) is 4.92. The van der Waals surface area contributed by atoms with Crippen molar-refractivity contribution in [1.82, 2.24) is 0 Å². The van der Waals surface area contributed by atoms with Crippen molar-refractivity contribution in [1.29, 1.82) is 0 Å². The lowest BCUT2D eigenvalue weighted by Gasteiger charge is -2.09. The highest BCUT2D eigenvalue weighted by molar-refractivity contribution is 7.97. The van der Waals surface area contributed by atoms with Crippen LogP contribution in [0.4, 0.5) is 18.9 Å². The van der Waals surface area contributed by atoms with Crippen LogP contribution in [0.25, 0.3) is 0 Å². The first-order chi connectivity index (χ1) is 9.75. The molecule has 1 atom stereocenters. The predicted octanol–water partition coefficient (Wildman–Crippen LogP) is 4.06. The van der Waals surface area contributed by atoms with Gasteiger partial charge in [-0.15, -0.1) is 0 Å². The molecule has 0 amide bonds. The van der Waals surface area contributed by atoms with Crippen molar-refractivity contribution in [3.8, 4) is 0 Å². The fourth-order valence-corrected chi connectivity index (χ4v) is 3.18. The van der Waals surface area contributed by atoms with Crippen LogP contribution >= 0.6 is 11.9 Å². The van der Waals surface area contributed by atoms with E-state index in [9.17, 15) is 17.4 Å². The first-order valence-electron chi connectivity index (χ1n) is 6.50. The summed E-state index contributed by atoms with van der Waals surface area (Å²) < 4.78 is 47.5. The number of hydrogen-bond acceptors (Lipinski definition) is 4. The molecule has 2 rings (SSSR count). The molecule has 4 N–H and O–H groups in total. The number of alkyl halides is 3. The van der Waals surface area contributed by atoms with E-state index in [0.29, 0.717) is 4.90 Å². The molecule has 8 heteroatoms. The van der Waals surface area contributed by atoms with Gasteiger partial charge in [0.25, 0.3) is 0 Å². The minimum absolute atomic E-state index is 0.163. The van der Waals surface area contributed by atoms with Gasteiger partial charge in [-0.05, 0) is 36.1 Å². The van der Waals surface area contributed by atoms with Crippen LogP contribution in [0.3, 0.4) is 0 Å². The smallest absolute Gasteiger partial charge is 0.398 e. The maximum atomic E-state index is 12.2. The number of anilines is 1. The zero-order valence-electron chi connectivity index (χ0n) is 11.7. The zero-order chi connectivity index (χ0) is 16.0. The highest BCUT2D eigenvalue weighted by atomic mass is 32.2. The lowest BCUT2D eigenvalue weighted by Crippen LogP contribution is -2.17. The molecule has 3 nitrogen and oxygen atoms in total. The summed E-state index contributed by atoms with van der Waals surface area (Å²) in [4.78, 5) is -0.0882. The van der Waals surface area contributed by atoms with Crippen molar-refractivity contribution in [2.75, 3.05) is 5.73 Å². The van der Waals surface area contributed by atoms with Crippen LogP contribution in [-0.4, -0.2) is 9.72 Å². The topological polar surface area (TPSA) is 69.1 Å². The zero-order valence-corrected chi connectivity index (χ0v) is 13.3. The number of halogens is 3. The normalized spacial score (nSPS) is 17.2. The van der Waals surface area contributed by atoms with Gasteiger partial charge in [0.05, 0.1) is 4.90 Å². The summed E-state index contributed by atoms with van der Waals surface area (Å²) >= 11 is 0.762. The van der Waals surface area contributed by atoms with E-state index >= 15 is 0 Å². The summed E-state index contributed by atoms with van der Waals surface area (Å²) in [6.45, 7) is 2.34. The van der Waals surface area contributed by atoms with Gasteiger partial charge in [-0.1, -0.05) is 32.6 Å². The summed E-state index contributed by atoms with van der Waals surface area (Å²) in [5, 5.41) is 5.17. The maximum Gasteiger partial charge on any atom is 0.475 e. The number of nitrogens with two attached hydrogens (primary N) is 2. The molecule has 1 aromatic carbocycles. The summed E-state index contributed by atoms with van der Waals surface area (Å²) in [7, 11) is -3.12. The van der Waals surface area contributed by atoms with E-state index in [2.05, 4.69) is 6.92 Å². The van der Waals surface area contributed by atoms with Gasteiger partial charge in [-0.2, -0.15) is 13.2 Å².